The lowest BCUT2D eigenvalue weighted by Crippen LogP contribution is -2.28. The molecule has 0 saturated heterocycles. The lowest BCUT2D eigenvalue weighted by Gasteiger charge is -2.30. The van der Waals surface area contributed by atoms with E-state index in [9.17, 15) is 4.79 Å². The second-order valence-corrected chi connectivity index (χ2v) is 8.00. The molecular weight excluding hydrogens is 370 g/mol. The molecule has 0 saturated carbocycles. The molecule has 1 aromatic heterocycles. The molecule has 0 aliphatic carbocycles. The van der Waals surface area contributed by atoms with Crippen LogP contribution in [0.2, 0.25) is 0 Å². The van der Waals surface area contributed by atoms with Gasteiger partial charge in [0.05, 0.1) is 11.7 Å². The highest BCUT2D eigenvalue weighted by Gasteiger charge is 2.29. The number of pyridine rings is 1. The predicted molar refractivity (Wildman–Crippen MR) is 115 cm³/mol. The predicted octanol–water partition coefficient (Wildman–Crippen LogP) is 4.13. The topological polar surface area (TPSA) is 77.6 Å². The molecule has 1 aliphatic rings. The average Bonchev–Trinajstić information content (AvgIpc) is 2.69. The Bertz CT molecular complexity index is 893. The van der Waals surface area contributed by atoms with E-state index >= 15 is 0 Å². The summed E-state index contributed by atoms with van der Waals surface area (Å²) in [6.45, 7) is 4.52. The van der Waals surface area contributed by atoms with Gasteiger partial charge in [-0.3, -0.25) is 9.79 Å². The molecule has 1 atom stereocenters. The monoisotopic (exact) mass is 395 g/mol. The second-order valence-electron chi connectivity index (χ2n) is 6.88. The van der Waals surface area contributed by atoms with E-state index in [2.05, 4.69) is 29.0 Å². The molecule has 0 spiro atoms. The van der Waals surface area contributed by atoms with E-state index in [1.807, 2.05) is 31.2 Å². The fourth-order valence-corrected chi connectivity index (χ4v) is 4.03. The van der Waals surface area contributed by atoms with E-state index in [1.54, 1.807) is 30.1 Å². The molecule has 0 unspecified atom stereocenters. The second kappa shape index (κ2) is 9.06. The molecule has 146 valence electrons. The van der Waals surface area contributed by atoms with E-state index < -0.39 is 0 Å². The first-order valence-corrected chi connectivity index (χ1v) is 10.3. The van der Waals surface area contributed by atoms with Crippen molar-refractivity contribution in [3.63, 3.8) is 0 Å². The van der Waals surface area contributed by atoms with Crippen LogP contribution in [0, 0.1) is 0 Å². The number of nitrogens with two attached hydrogens (primary N) is 1. The van der Waals surface area contributed by atoms with Gasteiger partial charge in [0.25, 0.3) is 0 Å². The van der Waals surface area contributed by atoms with Crippen LogP contribution in [0.5, 0.6) is 5.75 Å². The van der Waals surface area contributed by atoms with Crippen molar-refractivity contribution in [2.24, 2.45) is 10.7 Å². The van der Waals surface area contributed by atoms with Crippen LogP contribution < -0.4 is 10.5 Å². The molecule has 1 aliphatic heterocycles. The Hall–Kier alpha value is -2.60. The summed E-state index contributed by atoms with van der Waals surface area (Å²) in [6, 6.07) is 11.5. The fourth-order valence-electron chi connectivity index (χ4n) is 3.06. The maximum atomic E-state index is 12.6. The van der Waals surface area contributed by atoms with Gasteiger partial charge in [-0.15, -0.1) is 0 Å². The number of ether oxygens (including phenoxy) is 1. The van der Waals surface area contributed by atoms with Gasteiger partial charge in [-0.05, 0) is 43.5 Å². The SMILES string of the molecule is C/C=C/COc1ccc(C(=O)Cc2cccc([C@]3(C)CCSC(N)=N3)c2)nc1. The number of thioether (sulfide) groups is 1. The van der Waals surface area contributed by atoms with Crippen LogP contribution in [0.3, 0.4) is 0 Å². The Morgan fingerprint density at radius 2 is 2.21 bits per heavy atom. The summed E-state index contributed by atoms with van der Waals surface area (Å²) >= 11 is 1.59. The minimum atomic E-state index is -0.335. The van der Waals surface area contributed by atoms with Gasteiger partial charge in [0.1, 0.15) is 18.1 Å². The number of benzene rings is 1. The van der Waals surface area contributed by atoms with Gasteiger partial charge < -0.3 is 10.5 Å². The van der Waals surface area contributed by atoms with Crippen molar-refractivity contribution in [1.82, 2.24) is 4.98 Å². The quantitative estimate of drug-likeness (QED) is 0.563. The lowest BCUT2D eigenvalue weighted by atomic mass is 9.88. The van der Waals surface area contributed by atoms with Gasteiger partial charge >= 0.3 is 0 Å². The van der Waals surface area contributed by atoms with Gasteiger partial charge in [-0.2, -0.15) is 0 Å². The zero-order valence-corrected chi connectivity index (χ0v) is 17.0. The number of rotatable bonds is 7. The van der Waals surface area contributed by atoms with Gasteiger partial charge in [-0.1, -0.05) is 48.2 Å². The van der Waals surface area contributed by atoms with Crippen molar-refractivity contribution >= 4 is 22.7 Å². The van der Waals surface area contributed by atoms with E-state index in [0.717, 1.165) is 23.3 Å². The average molecular weight is 396 g/mol. The summed E-state index contributed by atoms with van der Waals surface area (Å²) in [6.07, 6.45) is 6.64. The number of Topliss-reactive ketones (excluding diaryl/α,β-unsaturated/α-hetero) is 1. The fraction of sp³-hybridized carbons (Fsp3) is 0.318. The molecule has 2 N–H and O–H groups in total. The molecule has 0 bridgehead atoms. The van der Waals surface area contributed by atoms with Crippen LogP contribution in [0.15, 0.2) is 59.7 Å². The third kappa shape index (κ3) is 5.01. The first kappa shape index (κ1) is 20.1. The largest absolute Gasteiger partial charge is 0.488 e. The van der Waals surface area contributed by atoms with Crippen LogP contribution in [0.25, 0.3) is 0 Å². The zero-order valence-electron chi connectivity index (χ0n) is 16.2. The Kier molecular flexibility index (Phi) is 6.52. The van der Waals surface area contributed by atoms with E-state index in [4.69, 9.17) is 10.5 Å². The van der Waals surface area contributed by atoms with Crippen molar-refractivity contribution in [3.05, 3.63) is 71.6 Å². The number of ketones is 1. The van der Waals surface area contributed by atoms with Crippen molar-refractivity contribution in [2.75, 3.05) is 12.4 Å². The highest BCUT2D eigenvalue weighted by Crippen LogP contribution is 2.35. The first-order valence-electron chi connectivity index (χ1n) is 9.31. The third-order valence-electron chi connectivity index (χ3n) is 4.71. The van der Waals surface area contributed by atoms with E-state index in [1.165, 1.54) is 0 Å². The number of hydrogen-bond donors (Lipinski definition) is 1. The summed E-state index contributed by atoms with van der Waals surface area (Å²) in [5, 5.41) is 0.621. The maximum absolute atomic E-state index is 12.6. The number of aromatic nitrogens is 1. The van der Waals surface area contributed by atoms with Gasteiger partial charge in [-0.25, -0.2) is 4.98 Å². The Labute approximate surface area is 170 Å². The minimum Gasteiger partial charge on any atom is -0.488 e. The van der Waals surface area contributed by atoms with Crippen molar-refractivity contribution in [2.45, 2.75) is 32.2 Å². The minimum absolute atomic E-state index is 0.0236. The molecule has 6 heteroatoms. The number of aliphatic imine (C=N–C) groups is 1. The van der Waals surface area contributed by atoms with Gasteiger partial charge in [0, 0.05) is 12.2 Å². The van der Waals surface area contributed by atoms with E-state index in [-0.39, 0.29) is 11.3 Å². The molecule has 3 rings (SSSR count). The van der Waals surface area contributed by atoms with E-state index in [0.29, 0.717) is 29.6 Å². The molecule has 28 heavy (non-hydrogen) atoms. The van der Waals surface area contributed by atoms with Crippen LogP contribution in [0.1, 0.15) is 41.9 Å². The molecule has 5 nitrogen and oxygen atoms in total. The summed E-state index contributed by atoms with van der Waals surface area (Å²) in [7, 11) is 0. The molecular formula is C22H25N3O2S. The molecule has 0 fully saturated rings. The number of amidine groups is 1. The van der Waals surface area contributed by atoms with Crippen LogP contribution in [0.4, 0.5) is 0 Å². The van der Waals surface area contributed by atoms with Crippen LogP contribution >= 0.6 is 11.8 Å². The summed E-state index contributed by atoms with van der Waals surface area (Å²) in [5.74, 6) is 1.57. The number of carbonyl (C=O) groups excluding carboxylic acids is 1. The highest BCUT2D eigenvalue weighted by molar-refractivity contribution is 8.13. The molecule has 2 heterocycles. The highest BCUT2D eigenvalue weighted by atomic mass is 32.2. The molecule has 1 aromatic carbocycles. The molecule has 0 amide bonds. The van der Waals surface area contributed by atoms with Crippen molar-refractivity contribution in [3.8, 4) is 5.75 Å². The third-order valence-corrected chi connectivity index (χ3v) is 5.51. The summed E-state index contributed by atoms with van der Waals surface area (Å²) in [4.78, 5) is 21.5. The number of nitrogens with zero attached hydrogens (tertiary/aromatic N) is 2. The van der Waals surface area contributed by atoms with Crippen molar-refractivity contribution < 1.29 is 9.53 Å². The molecule has 0 radical (unpaired) electrons. The maximum Gasteiger partial charge on any atom is 0.185 e. The van der Waals surface area contributed by atoms with Crippen LogP contribution in [-0.4, -0.2) is 28.3 Å². The lowest BCUT2D eigenvalue weighted by molar-refractivity contribution is 0.0988. The molecule has 2 aromatic rings. The standard InChI is InChI=1S/C22H25N3O2S/c1-3-4-11-27-18-8-9-19(24-15-18)20(26)14-16-6-5-7-17(13-16)22(2)10-12-28-21(23)25-22/h3-9,13,15H,10-12,14H2,1-2H3,(H2,23,25)/b4-3+/t22-/m0/s1. The first-order chi connectivity index (χ1) is 13.5. The smallest absolute Gasteiger partial charge is 0.185 e. The summed E-state index contributed by atoms with van der Waals surface area (Å²) < 4.78 is 5.52. The van der Waals surface area contributed by atoms with Gasteiger partial charge in [0.15, 0.2) is 11.0 Å². The Morgan fingerprint density at radius 1 is 1.36 bits per heavy atom. The Morgan fingerprint density at radius 3 is 2.93 bits per heavy atom. The normalized spacial score (nSPS) is 19.4. The number of carbonyl (C=O) groups is 1. The Balaban J connectivity index is 1.70. The van der Waals surface area contributed by atoms with Crippen molar-refractivity contribution in [1.29, 1.82) is 0 Å². The van der Waals surface area contributed by atoms with Crippen LogP contribution in [-0.2, 0) is 12.0 Å². The number of allylic oxidation sites excluding steroid dienone is 1. The zero-order chi connectivity index (χ0) is 20.0. The summed E-state index contributed by atoms with van der Waals surface area (Å²) in [5.41, 5.74) is 8.07. The number of hydrogen-bond acceptors (Lipinski definition) is 6. The van der Waals surface area contributed by atoms with Gasteiger partial charge in [0.2, 0.25) is 0 Å².